The highest BCUT2D eigenvalue weighted by atomic mass is 16.5. The van der Waals surface area contributed by atoms with Gasteiger partial charge in [0.15, 0.2) is 0 Å². The van der Waals surface area contributed by atoms with Crippen molar-refractivity contribution in [3.63, 3.8) is 0 Å². The van der Waals surface area contributed by atoms with E-state index in [9.17, 15) is 9.59 Å². The van der Waals surface area contributed by atoms with Crippen LogP contribution in [0.1, 0.15) is 30.0 Å². The van der Waals surface area contributed by atoms with Gasteiger partial charge >= 0.3 is 0 Å². The van der Waals surface area contributed by atoms with Gasteiger partial charge in [-0.3, -0.25) is 9.59 Å². The van der Waals surface area contributed by atoms with Crippen LogP contribution in [0.15, 0.2) is 42.5 Å². The van der Waals surface area contributed by atoms with E-state index in [0.717, 1.165) is 28.1 Å². The van der Waals surface area contributed by atoms with Crippen LogP contribution in [0, 0.1) is 19.8 Å². The van der Waals surface area contributed by atoms with E-state index >= 15 is 0 Å². The van der Waals surface area contributed by atoms with Crippen molar-refractivity contribution in [2.24, 2.45) is 5.92 Å². The molecule has 0 spiro atoms. The predicted octanol–water partition coefficient (Wildman–Crippen LogP) is 3.71. The van der Waals surface area contributed by atoms with Crippen molar-refractivity contribution in [1.82, 2.24) is 4.90 Å². The van der Waals surface area contributed by atoms with Crippen molar-refractivity contribution in [2.45, 2.75) is 33.7 Å². The number of benzene rings is 2. The first-order valence-corrected chi connectivity index (χ1v) is 9.74. The highest BCUT2D eigenvalue weighted by molar-refractivity contribution is 6.00. The van der Waals surface area contributed by atoms with E-state index in [4.69, 9.17) is 4.74 Å². The zero-order valence-corrected chi connectivity index (χ0v) is 17.1. The molecule has 28 heavy (non-hydrogen) atoms. The van der Waals surface area contributed by atoms with Gasteiger partial charge in [-0.05, 0) is 55.7 Å². The smallest absolute Gasteiger partial charge is 0.228 e. The summed E-state index contributed by atoms with van der Waals surface area (Å²) in [7, 11) is 1.80. The van der Waals surface area contributed by atoms with Crippen LogP contribution in [0.25, 0.3) is 0 Å². The van der Waals surface area contributed by atoms with Crippen LogP contribution in [0.2, 0.25) is 0 Å². The highest BCUT2D eigenvalue weighted by Gasteiger charge is 2.37. The molecular weight excluding hydrogens is 352 g/mol. The Morgan fingerprint density at radius 1 is 1.18 bits per heavy atom. The van der Waals surface area contributed by atoms with Gasteiger partial charge in [-0.2, -0.15) is 0 Å². The summed E-state index contributed by atoms with van der Waals surface area (Å²) < 4.78 is 5.45. The Balaban J connectivity index is 1.65. The molecule has 1 heterocycles. The van der Waals surface area contributed by atoms with Crippen molar-refractivity contribution in [2.75, 3.05) is 25.1 Å². The molecule has 0 saturated carbocycles. The molecule has 5 nitrogen and oxygen atoms in total. The van der Waals surface area contributed by atoms with Gasteiger partial charge in [0.25, 0.3) is 0 Å². The first kappa shape index (κ1) is 19.9. The Morgan fingerprint density at radius 3 is 2.57 bits per heavy atom. The number of carbonyl (C=O) groups excluding carboxylic acids is 2. The highest BCUT2D eigenvalue weighted by Crippen LogP contribution is 2.30. The van der Waals surface area contributed by atoms with Crippen molar-refractivity contribution in [3.05, 3.63) is 59.2 Å². The molecule has 5 heteroatoms. The third-order valence-corrected chi connectivity index (χ3v) is 5.37. The van der Waals surface area contributed by atoms with Gasteiger partial charge in [0.05, 0.1) is 12.5 Å². The minimum absolute atomic E-state index is 0.00930. The molecule has 1 unspecified atom stereocenters. The first-order chi connectivity index (χ1) is 13.4. The third-order valence-electron chi connectivity index (χ3n) is 5.37. The molecule has 0 radical (unpaired) electrons. The Labute approximate surface area is 166 Å². The molecule has 0 aromatic heterocycles. The average Bonchev–Trinajstić information content (AvgIpc) is 3.06. The van der Waals surface area contributed by atoms with E-state index in [1.807, 2.05) is 63.2 Å². The molecule has 2 amide bonds. The van der Waals surface area contributed by atoms with E-state index in [1.165, 1.54) is 0 Å². The Morgan fingerprint density at radius 2 is 1.89 bits per heavy atom. The van der Waals surface area contributed by atoms with E-state index in [2.05, 4.69) is 0 Å². The zero-order chi connectivity index (χ0) is 20.3. The number of hydrogen-bond donors (Lipinski definition) is 0. The summed E-state index contributed by atoms with van der Waals surface area (Å²) in [4.78, 5) is 29.0. The second-order valence-electron chi connectivity index (χ2n) is 7.40. The fraction of sp³-hybridized carbons (Fsp3) is 0.391. The standard InChI is InChI=1S/C23H28N2O3/c1-5-28-20-11-9-18(10-12-20)14-24(4)23(27)19-13-22(26)25(15-19)21-8-6-7-16(2)17(21)3/h6-12,19H,5,13-15H2,1-4H3. The summed E-state index contributed by atoms with van der Waals surface area (Å²) in [6.07, 6.45) is 0.264. The summed E-state index contributed by atoms with van der Waals surface area (Å²) in [5.41, 5.74) is 4.18. The van der Waals surface area contributed by atoms with Crippen molar-refractivity contribution in [1.29, 1.82) is 0 Å². The predicted molar refractivity (Wildman–Crippen MR) is 110 cm³/mol. The molecular formula is C23H28N2O3. The van der Waals surface area contributed by atoms with Gasteiger partial charge in [-0.1, -0.05) is 24.3 Å². The van der Waals surface area contributed by atoms with Crippen LogP contribution in [0.5, 0.6) is 5.75 Å². The minimum Gasteiger partial charge on any atom is -0.494 e. The topological polar surface area (TPSA) is 49.9 Å². The lowest BCUT2D eigenvalue weighted by atomic mass is 10.1. The number of rotatable bonds is 6. The maximum atomic E-state index is 12.9. The fourth-order valence-electron chi connectivity index (χ4n) is 3.66. The lowest BCUT2D eigenvalue weighted by molar-refractivity contribution is -0.135. The van der Waals surface area contributed by atoms with Gasteiger partial charge in [-0.15, -0.1) is 0 Å². The maximum Gasteiger partial charge on any atom is 0.228 e. The lowest BCUT2D eigenvalue weighted by Gasteiger charge is -2.23. The summed E-state index contributed by atoms with van der Waals surface area (Å²) in [6, 6.07) is 13.7. The molecule has 1 atom stereocenters. The number of nitrogens with zero attached hydrogens (tertiary/aromatic N) is 2. The number of amides is 2. The summed E-state index contributed by atoms with van der Waals surface area (Å²) in [5.74, 6) is 0.544. The monoisotopic (exact) mass is 380 g/mol. The second kappa shape index (κ2) is 8.46. The summed E-state index contributed by atoms with van der Waals surface area (Å²) in [6.45, 7) is 7.59. The molecule has 0 aliphatic carbocycles. The first-order valence-electron chi connectivity index (χ1n) is 9.74. The molecule has 1 aliphatic rings. The third kappa shape index (κ3) is 4.19. The zero-order valence-electron chi connectivity index (χ0n) is 17.1. The van der Waals surface area contributed by atoms with Crippen LogP contribution >= 0.6 is 0 Å². The van der Waals surface area contributed by atoms with Crippen molar-refractivity contribution >= 4 is 17.5 Å². The van der Waals surface area contributed by atoms with Crippen LogP contribution in [-0.2, 0) is 16.1 Å². The molecule has 3 rings (SSSR count). The van der Waals surface area contributed by atoms with Gasteiger partial charge in [0, 0.05) is 32.2 Å². The molecule has 1 saturated heterocycles. The van der Waals surface area contributed by atoms with Crippen LogP contribution in [-0.4, -0.2) is 36.9 Å². The van der Waals surface area contributed by atoms with E-state index < -0.39 is 0 Å². The van der Waals surface area contributed by atoms with Crippen LogP contribution in [0.4, 0.5) is 5.69 Å². The largest absolute Gasteiger partial charge is 0.494 e. The number of anilines is 1. The Hall–Kier alpha value is -2.82. The van der Waals surface area contributed by atoms with E-state index in [1.54, 1.807) is 16.8 Å². The van der Waals surface area contributed by atoms with Crippen molar-refractivity contribution < 1.29 is 14.3 Å². The van der Waals surface area contributed by atoms with Crippen molar-refractivity contribution in [3.8, 4) is 5.75 Å². The molecule has 2 aromatic carbocycles. The van der Waals surface area contributed by atoms with E-state index in [-0.39, 0.29) is 24.2 Å². The van der Waals surface area contributed by atoms with Crippen LogP contribution < -0.4 is 9.64 Å². The normalized spacial score (nSPS) is 16.4. The Bertz CT molecular complexity index is 861. The fourth-order valence-corrected chi connectivity index (χ4v) is 3.66. The van der Waals surface area contributed by atoms with Gasteiger partial charge in [0.1, 0.15) is 5.75 Å². The number of hydrogen-bond acceptors (Lipinski definition) is 3. The van der Waals surface area contributed by atoms with Gasteiger partial charge in [-0.25, -0.2) is 0 Å². The quantitative estimate of drug-likeness (QED) is 0.768. The second-order valence-corrected chi connectivity index (χ2v) is 7.40. The molecule has 0 N–H and O–H groups in total. The Kier molecular flexibility index (Phi) is 6.02. The lowest BCUT2D eigenvalue weighted by Crippen LogP contribution is -2.34. The number of aryl methyl sites for hydroxylation is 1. The van der Waals surface area contributed by atoms with E-state index in [0.29, 0.717) is 19.7 Å². The SMILES string of the molecule is CCOc1ccc(CN(C)C(=O)C2CC(=O)N(c3cccc(C)c3C)C2)cc1. The molecule has 1 aliphatic heterocycles. The molecule has 1 fully saturated rings. The molecule has 2 aromatic rings. The van der Waals surface area contributed by atoms with Gasteiger partial charge in [0.2, 0.25) is 11.8 Å². The minimum atomic E-state index is -0.305. The summed E-state index contributed by atoms with van der Waals surface area (Å²) >= 11 is 0. The molecule has 0 bridgehead atoms. The number of ether oxygens (including phenoxy) is 1. The van der Waals surface area contributed by atoms with Crippen LogP contribution in [0.3, 0.4) is 0 Å². The average molecular weight is 380 g/mol. The molecule has 148 valence electrons. The maximum absolute atomic E-state index is 12.9. The summed E-state index contributed by atoms with van der Waals surface area (Å²) in [5, 5.41) is 0. The number of carbonyl (C=O) groups is 2. The van der Waals surface area contributed by atoms with Gasteiger partial charge < -0.3 is 14.5 Å².